The van der Waals surface area contributed by atoms with E-state index in [1.165, 1.54) is 11.3 Å². The first-order valence-corrected chi connectivity index (χ1v) is 8.40. The second kappa shape index (κ2) is 7.95. The molecule has 0 aliphatic rings. The molecule has 0 aliphatic carbocycles. The Labute approximate surface area is 137 Å². The molecular weight excluding hydrogens is 318 g/mol. The van der Waals surface area contributed by atoms with Crippen LogP contribution in [0.15, 0.2) is 40.8 Å². The van der Waals surface area contributed by atoms with Gasteiger partial charge in [-0.05, 0) is 24.6 Å². The zero-order chi connectivity index (χ0) is 15.9. The maximum absolute atomic E-state index is 12.0. The number of thioether (sulfide) groups is 1. The van der Waals surface area contributed by atoms with E-state index in [1.807, 2.05) is 31.2 Å². The van der Waals surface area contributed by atoms with Crippen molar-refractivity contribution in [2.45, 2.75) is 17.7 Å². The van der Waals surface area contributed by atoms with Crippen molar-refractivity contribution in [1.29, 1.82) is 0 Å². The van der Waals surface area contributed by atoms with E-state index in [1.54, 1.807) is 18.9 Å². The third kappa shape index (κ3) is 5.16. The first-order valence-electron chi connectivity index (χ1n) is 6.60. The van der Waals surface area contributed by atoms with Crippen LogP contribution in [0, 0.1) is 0 Å². The number of ether oxygens (including phenoxy) is 1. The largest absolute Gasteiger partial charge is 0.497 e. The van der Waals surface area contributed by atoms with Gasteiger partial charge in [0.1, 0.15) is 5.75 Å². The van der Waals surface area contributed by atoms with Gasteiger partial charge in [0, 0.05) is 5.75 Å². The number of hydrogen-bond donors (Lipinski definition) is 1. The second-order valence-corrected chi connectivity index (χ2v) is 6.89. The fraction of sp³-hybridized carbons (Fsp3) is 0.267. The fourth-order valence-corrected chi connectivity index (χ4v) is 3.21. The summed E-state index contributed by atoms with van der Waals surface area (Å²) in [6.45, 7) is 5.81. The molecule has 0 fully saturated rings. The highest BCUT2D eigenvalue weighted by Crippen LogP contribution is 2.26. The van der Waals surface area contributed by atoms with Crippen LogP contribution in [0.4, 0.5) is 5.13 Å². The Morgan fingerprint density at radius 1 is 1.36 bits per heavy atom. The zero-order valence-corrected chi connectivity index (χ0v) is 14.1. The van der Waals surface area contributed by atoms with Gasteiger partial charge >= 0.3 is 0 Å². The van der Waals surface area contributed by atoms with Crippen molar-refractivity contribution in [3.8, 4) is 5.75 Å². The number of aromatic nitrogens is 2. The van der Waals surface area contributed by atoms with Crippen LogP contribution in [0.25, 0.3) is 0 Å². The van der Waals surface area contributed by atoms with Crippen molar-refractivity contribution in [2.24, 2.45) is 0 Å². The molecule has 1 N–H and O–H groups in total. The Bertz CT molecular complexity index is 653. The van der Waals surface area contributed by atoms with Gasteiger partial charge in [-0.2, -0.15) is 0 Å². The van der Waals surface area contributed by atoms with Crippen LogP contribution in [0.2, 0.25) is 0 Å². The van der Waals surface area contributed by atoms with Crippen LogP contribution in [0.5, 0.6) is 5.75 Å². The minimum absolute atomic E-state index is 0.113. The van der Waals surface area contributed by atoms with Gasteiger partial charge in [0.25, 0.3) is 0 Å². The number of anilines is 1. The SMILES string of the molecule is C=C(C)CSc1nnc(NC(=O)Cc2ccc(OC)cc2)s1. The minimum atomic E-state index is -0.113. The Hall–Kier alpha value is -1.86. The lowest BCUT2D eigenvalue weighted by Gasteiger charge is -2.03. The maximum atomic E-state index is 12.0. The van der Waals surface area contributed by atoms with E-state index in [4.69, 9.17) is 4.74 Å². The number of nitrogens with zero attached hydrogens (tertiary/aromatic N) is 2. The average Bonchev–Trinajstić information content (AvgIpc) is 2.93. The molecule has 1 amide bonds. The molecular formula is C15H17N3O2S2. The lowest BCUT2D eigenvalue weighted by atomic mass is 10.1. The highest BCUT2D eigenvalue weighted by molar-refractivity contribution is 8.01. The van der Waals surface area contributed by atoms with Crippen molar-refractivity contribution in [3.05, 3.63) is 42.0 Å². The molecule has 2 rings (SSSR count). The monoisotopic (exact) mass is 335 g/mol. The summed E-state index contributed by atoms with van der Waals surface area (Å²) < 4.78 is 5.91. The molecule has 0 spiro atoms. The van der Waals surface area contributed by atoms with Gasteiger partial charge in [-0.3, -0.25) is 4.79 Å². The Morgan fingerprint density at radius 2 is 2.09 bits per heavy atom. The Morgan fingerprint density at radius 3 is 2.73 bits per heavy atom. The van der Waals surface area contributed by atoms with E-state index in [0.29, 0.717) is 5.13 Å². The van der Waals surface area contributed by atoms with Gasteiger partial charge in [-0.15, -0.1) is 10.2 Å². The van der Waals surface area contributed by atoms with Crippen molar-refractivity contribution >= 4 is 34.1 Å². The minimum Gasteiger partial charge on any atom is -0.497 e. The third-order valence-corrected chi connectivity index (χ3v) is 4.82. The molecule has 0 saturated carbocycles. The normalized spacial score (nSPS) is 10.3. The van der Waals surface area contributed by atoms with Gasteiger partial charge in [-0.25, -0.2) is 0 Å². The molecule has 1 aromatic carbocycles. The van der Waals surface area contributed by atoms with Crippen LogP contribution >= 0.6 is 23.1 Å². The number of rotatable bonds is 7. The number of methoxy groups -OCH3 is 1. The maximum Gasteiger partial charge on any atom is 0.230 e. The van der Waals surface area contributed by atoms with Crippen LogP contribution in [-0.2, 0) is 11.2 Å². The van der Waals surface area contributed by atoms with Crippen LogP contribution in [0.3, 0.4) is 0 Å². The topological polar surface area (TPSA) is 64.1 Å². The van der Waals surface area contributed by atoms with E-state index in [9.17, 15) is 4.79 Å². The molecule has 0 bridgehead atoms. The summed E-state index contributed by atoms with van der Waals surface area (Å²) in [5, 5.41) is 11.3. The molecule has 0 aliphatic heterocycles. The van der Waals surface area contributed by atoms with Gasteiger partial charge < -0.3 is 10.1 Å². The Balaban J connectivity index is 1.87. The third-order valence-electron chi connectivity index (χ3n) is 2.62. The highest BCUT2D eigenvalue weighted by Gasteiger charge is 2.09. The smallest absolute Gasteiger partial charge is 0.230 e. The molecule has 0 unspecified atom stereocenters. The summed E-state index contributed by atoms with van der Waals surface area (Å²) in [6, 6.07) is 7.40. The predicted molar refractivity (Wildman–Crippen MR) is 90.8 cm³/mol. The van der Waals surface area contributed by atoms with E-state index in [2.05, 4.69) is 22.1 Å². The number of carbonyl (C=O) groups is 1. The molecule has 0 saturated heterocycles. The van der Waals surface area contributed by atoms with Crippen molar-refractivity contribution in [2.75, 3.05) is 18.2 Å². The summed E-state index contributed by atoms with van der Waals surface area (Å²) in [7, 11) is 1.61. The molecule has 0 atom stereocenters. The lowest BCUT2D eigenvalue weighted by molar-refractivity contribution is -0.115. The molecule has 22 heavy (non-hydrogen) atoms. The summed E-state index contributed by atoms with van der Waals surface area (Å²) in [5.74, 6) is 1.46. The van der Waals surface area contributed by atoms with Crippen molar-refractivity contribution in [3.63, 3.8) is 0 Å². The summed E-state index contributed by atoms with van der Waals surface area (Å²) in [5.41, 5.74) is 1.99. The van der Waals surface area contributed by atoms with Crippen molar-refractivity contribution in [1.82, 2.24) is 10.2 Å². The number of carbonyl (C=O) groups excluding carboxylic acids is 1. The molecule has 1 aromatic heterocycles. The zero-order valence-electron chi connectivity index (χ0n) is 12.5. The standard InChI is InChI=1S/C15H17N3O2S2/c1-10(2)9-21-15-18-17-14(22-15)16-13(19)8-11-4-6-12(20-3)7-5-11/h4-7H,1,8-9H2,2-3H3,(H,16,17,19). The number of benzene rings is 1. The van der Waals surface area contributed by atoms with Gasteiger partial charge in [0.15, 0.2) is 4.34 Å². The molecule has 0 radical (unpaired) electrons. The Kier molecular flexibility index (Phi) is 5.97. The van der Waals surface area contributed by atoms with E-state index in [0.717, 1.165) is 27.0 Å². The molecule has 2 aromatic rings. The van der Waals surface area contributed by atoms with E-state index in [-0.39, 0.29) is 12.3 Å². The van der Waals surface area contributed by atoms with Crippen molar-refractivity contribution < 1.29 is 9.53 Å². The summed E-state index contributed by atoms with van der Waals surface area (Å²) in [6.07, 6.45) is 0.290. The summed E-state index contributed by atoms with van der Waals surface area (Å²) in [4.78, 5) is 12.0. The second-order valence-electron chi connectivity index (χ2n) is 4.69. The van der Waals surface area contributed by atoms with E-state index >= 15 is 0 Å². The first-order chi connectivity index (χ1) is 10.6. The van der Waals surface area contributed by atoms with E-state index < -0.39 is 0 Å². The van der Waals surface area contributed by atoms with Gasteiger partial charge in [0.2, 0.25) is 11.0 Å². The van der Waals surface area contributed by atoms with Crippen LogP contribution in [-0.4, -0.2) is 29.0 Å². The number of amides is 1. The number of hydrogen-bond acceptors (Lipinski definition) is 6. The van der Waals surface area contributed by atoms with Crippen LogP contribution < -0.4 is 10.1 Å². The molecule has 1 heterocycles. The van der Waals surface area contributed by atoms with Crippen LogP contribution in [0.1, 0.15) is 12.5 Å². The average molecular weight is 335 g/mol. The number of nitrogens with one attached hydrogen (secondary N) is 1. The molecule has 7 heteroatoms. The van der Waals surface area contributed by atoms with Gasteiger partial charge in [0.05, 0.1) is 13.5 Å². The first kappa shape index (κ1) is 16.5. The fourth-order valence-electron chi connectivity index (χ4n) is 1.60. The summed E-state index contributed by atoms with van der Waals surface area (Å²) >= 11 is 2.93. The highest BCUT2D eigenvalue weighted by atomic mass is 32.2. The predicted octanol–water partition coefficient (Wildman–Crippen LogP) is 3.40. The molecule has 116 valence electrons. The van der Waals surface area contributed by atoms with Gasteiger partial charge in [-0.1, -0.05) is 47.4 Å². The molecule has 5 nitrogen and oxygen atoms in total. The quantitative estimate of drug-likeness (QED) is 0.477. The lowest BCUT2D eigenvalue weighted by Crippen LogP contribution is -2.14.